The summed E-state index contributed by atoms with van der Waals surface area (Å²) in [6.45, 7) is 2.74. The minimum atomic E-state index is -0.612. The summed E-state index contributed by atoms with van der Waals surface area (Å²) in [5, 5.41) is 5.45. The molecule has 0 unspecified atom stereocenters. The SMILES string of the molecule is COc1cc(Br)c([C@H]2C(C(=O)OC[C@@H]3CCCO3)=C(C)NC3=C2C(=O)C[C@H](c2cccs2)C3)cc1OC. The zero-order valence-electron chi connectivity index (χ0n) is 21.1. The molecule has 3 heterocycles. The van der Waals surface area contributed by atoms with Crippen LogP contribution in [0.3, 0.4) is 0 Å². The van der Waals surface area contributed by atoms with Gasteiger partial charge in [-0.1, -0.05) is 22.0 Å². The lowest BCUT2D eigenvalue weighted by molar-refractivity contribution is -0.142. The molecule has 1 fully saturated rings. The third-order valence-corrected chi connectivity index (χ3v) is 8.95. The number of benzene rings is 1. The van der Waals surface area contributed by atoms with E-state index >= 15 is 0 Å². The van der Waals surface area contributed by atoms with Gasteiger partial charge in [0.2, 0.25) is 0 Å². The molecule has 0 amide bonds. The Kier molecular flexibility index (Phi) is 7.74. The molecular weight excluding hydrogens is 558 g/mol. The second-order valence-corrected chi connectivity index (χ2v) is 11.3. The number of allylic oxidation sites excluding steroid dienone is 3. The molecule has 0 saturated carbocycles. The minimum Gasteiger partial charge on any atom is -0.493 e. The number of thiophene rings is 1. The number of Topliss-reactive ketones (excluding diaryl/α,β-unsaturated/α-hetero) is 1. The van der Waals surface area contributed by atoms with E-state index in [0.717, 1.165) is 24.1 Å². The Labute approximate surface area is 228 Å². The zero-order chi connectivity index (χ0) is 26.1. The average molecular weight is 589 g/mol. The number of carbonyl (C=O) groups is 2. The van der Waals surface area contributed by atoms with Crippen LogP contribution in [0.5, 0.6) is 11.5 Å². The number of ether oxygens (including phenoxy) is 4. The van der Waals surface area contributed by atoms with Crippen molar-refractivity contribution in [3.8, 4) is 11.5 Å². The maximum absolute atomic E-state index is 13.8. The van der Waals surface area contributed by atoms with Gasteiger partial charge in [-0.2, -0.15) is 0 Å². The van der Waals surface area contributed by atoms with Gasteiger partial charge >= 0.3 is 5.97 Å². The molecule has 5 rings (SSSR count). The van der Waals surface area contributed by atoms with Gasteiger partial charge in [0, 0.05) is 51.2 Å². The van der Waals surface area contributed by atoms with E-state index in [1.54, 1.807) is 25.6 Å². The fourth-order valence-electron chi connectivity index (χ4n) is 5.46. The summed E-state index contributed by atoms with van der Waals surface area (Å²) in [5.74, 6) is 0.138. The summed E-state index contributed by atoms with van der Waals surface area (Å²) in [5.41, 5.74) is 3.32. The summed E-state index contributed by atoms with van der Waals surface area (Å²) in [6, 6.07) is 7.74. The number of dihydropyridines is 1. The van der Waals surface area contributed by atoms with Gasteiger partial charge in [0.05, 0.1) is 25.9 Å². The monoisotopic (exact) mass is 587 g/mol. The van der Waals surface area contributed by atoms with E-state index in [-0.39, 0.29) is 24.4 Å². The van der Waals surface area contributed by atoms with Gasteiger partial charge in [-0.3, -0.25) is 4.79 Å². The van der Waals surface area contributed by atoms with E-state index < -0.39 is 11.9 Å². The highest BCUT2D eigenvalue weighted by molar-refractivity contribution is 9.10. The van der Waals surface area contributed by atoms with Crippen LogP contribution in [0.25, 0.3) is 0 Å². The van der Waals surface area contributed by atoms with Crippen LogP contribution < -0.4 is 14.8 Å². The van der Waals surface area contributed by atoms with Gasteiger partial charge < -0.3 is 24.3 Å². The van der Waals surface area contributed by atoms with Crippen molar-refractivity contribution in [2.24, 2.45) is 0 Å². The van der Waals surface area contributed by atoms with E-state index in [9.17, 15) is 9.59 Å². The minimum absolute atomic E-state index is 0.0239. The molecule has 1 aromatic carbocycles. The van der Waals surface area contributed by atoms with Crippen LogP contribution in [0.4, 0.5) is 0 Å². The predicted molar refractivity (Wildman–Crippen MR) is 144 cm³/mol. The van der Waals surface area contributed by atoms with Crippen molar-refractivity contribution >= 4 is 39.0 Å². The van der Waals surface area contributed by atoms with Crippen LogP contribution in [0.15, 0.2) is 56.7 Å². The van der Waals surface area contributed by atoms with Crippen molar-refractivity contribution in [2.75, 3.05) is 27.4 Å². The summed E-state index contributed by atoms with van der Waals surface area (Å²) in [6.07, 6.45) is 2.82. The Bertz CT molecular complexity index is 1260. The number of ketones is 1. The van der Waals surface area contributed by atoms with E-state index in [1.807, 2.05) is 30.5 Å². The lowest BCUT2D eigenvalue weighted by Crippen LogP contribution is -2.36. The first-order chi connectivity index (χ1) is 17.9. The van der Waals surface area contributed by atoms with E-state index in [0.29, 0.717) is 52.3 Å². The molecule has 1 N–H and O–H groups in total. The summed E-state index contributed by atoms with van der Waals surface area (Å²) in [7, 11) is 3.14. The highest BCUT2D eigenvalue weighted by Crippen LogP contribution is 2.49. The first kappa shape index (κ1) is 26.0. The lowest BCUT2D eigenvalue weighted by Gasteiger charge is -2.37. The number of halogens is 1. The molecule has 37 heavy (non-hydrogen) atoms. The molecule has 3 aliphatic rings. The maximum Gasteiger partial charge on any atom is 0.336 e. The van der Waals surface area contributed by atoms with Gasteiger partial charge in [0.15, 0.2) is 17.3 Å². The fourth-order valence-corrected chi connectivity index (χ4v) is 6.84. The van der Waals surface area contributed by atoms with E-state index in [1.165, 1.54) is 4.88 Å². The molecule has 7 nitrogen and oxygen atoms in total. The second kappa shape index (κ2) is 11.0. The van der Waals surface area contributed by atoms with Crippen molar-refractivity contribution in [1.29, 1.82) is 0 Å². The van der Waals surface area contributed by atoms with Crippen LogP contribution in [0.1, 0.15) is 54.9 Å². The summed E-state index contributed by atoms with van der Waals surface area (Å²) in [4.78, 5) is 28.6. The predicted octanol–water partition coefficient (Wildman–Crippen LogP) is 5.61. The molecule has 3 atom stereocenters. The van der Waals surface area contributed by atoms with Crippen LogP contribution in [0.2, 0.25) is 0 Å². The quantitative estimate of drug-likeness (QED) is 0.421. The van der Waals surface area contributed by atoms with Gasteiger partial charge in [-0.25, -0.2) is 4.79 Å². The molecule has 1 aliphatic carbocycles. The number of hydrogen-bond donors (Lipinski definition) is 1. The largest absolute Gasteiger partial charge is 0.493 e. The van der Waals surface area contributed by atoms with Gasteiger partial charge in [-0.05, 0) is 55.3 Å². The molecule has 9 heteroatoms. The third kappa shape index (κ3) is 5.09. The Morgan fingerprint density at radius 3 is 2.68 bits per heavy atom. The molecule has 0 spiro atoms. The zero-order valence-corrected chi connectivity index (χ0v) is 23.5. The number of esters is 1. The first-order valence-corrected chi connectivity index (χ1v) is 14.1. The molecule has 1 saturated heterocycles. The molecule has 0 bridgehead atoms. The molecule has 196 valence electrons. The van der Waals surface area contributed by atoms with Crippen molar-refractivity contribution in [2.45, 2.75) is 50.5 Å². The van der Waals surface area contributed by atoms with Crippen LogP contribution in [0, 0.1) is 0 Å². The number of carbonyl (C=O) groups excluding carboxylic acids is 2. The highest BCUT2D eigenvalue weighted by atomic mass is 79.9. The Morgan fingerprint density at radius 1 is 1.22 bits per heavy atom. The van der Waals surface area contributed by atoms with Crippen molar-refractivity contribution < 1.29 is 28.5 Å². The van der Waals surface area contributed by atoms with Gasteiger partial charge in [0.1, 0.15) is 6.61 Å². The van der Waals surface area contributed by atoms with Gasteiger partial charge in [0.25, 0.3) is 0 Å². The first-order valence-electron chi connectivity index (χ1n) is 12.4. The third-order valence-electron chi connectivity index (χ3n) is 7.23. The summed E-state index contributed by atoms with van der Waals surface area (Å²) < 4.78 is 23.2. The second-order valence-electron chi connectivity index (χ2n) is 9.49. The smallest absolute Gasteiger partial charge is 0.336 e. The van der Waals surface area contributed by atoms with Crippen LogP contribution in [-0.2, 0) is 19.1 Å². The van der Waals surface area contributed by atoms with Crippen LogP contribution >= 0.6 is 27.3 Å². The molecule has 2 aromatic rings. The normalized spacial score (nSPS) is 23.6. The standard InChI is InChI=1S/C28H30BrNO6S/c1-15-25(28(32)36-14-17-6-4-8-35-17)26(18-12-22(33-2)23(34-3)13-19(18)29)27-20(30-15)10-16(11-21(27)31)24-7-5-9-37-24/h5,7,9,12-13,16-17,26,30H,4,6,8,10-11,14H2,1-3H3/t16-,17+,26+/m1/s1. The van der Waals surface area contributed by atoms with E-state index in [4.69, 9.17) is 18.9 Å². The molecule has 0 radical (unpaired) electrons. The average Bonchev–Trinajstić information content (AvgIpc) is 3.61. The number of methoxy groups -OCH3 is 2. The summed E-state index contributed by atoms with van der Waals surface area (Å²) >= 11 is 5.34. The molecule has 1 aromatic heterocycles. The van der Waals surface area contributed by atoms with E-state index in [2.05, 4.69) is 27.3 Å². The maximum atomic E-state index is 13.8. The Morgan fingerprint density at radius 2 is 2.00 bits per heavy atom. The van der Waals surface area contributed by atoms with Crippen LogP contribution in [-0.4, -0.2) is 45.3 Å². The molecular formula is C28H30BrNO6S. The topological polar surface area (TPSA) is 83.1 Å². The van der Waals surface area contributed by atoms with Crippen molar-refractivity contribution in [3.05, 3.63) is 67.1 Å². The lowest BCUT2D eigenvalue weighted by atomic mass is 9.72. The number of hydrogen-bond acceptors (Lipinski definition) is 8. The Hall–Kier alpha value is -2.62. The Balaban J connectivity index is 1.58. The fraction of sp³-hybridized carbons (Fsp3) is 0.429. The number of rotatable bonds is 7. The number of nitrogens with one attached hydrogen (secondary N) is 1. The van der Waals surface area contributed by atoms with Crippen molar-refractivity contribution in [3.63, 3.8) is 0 Å². The molecule has 2 aliphatic heterocycles. The van der Waals surface area contributed by atoms with Crippen molar-refractivity contribution in [1.82, 2.24) is 5.32 Å². The van der Waals surface area contributed by atoms with Gasteiger partial charge in [-0.15, -0.1) is 11.3 Å². The highest BCUT2D eigenvalue weighted by Gasteiger charge is 2.42.